The largest absolute Gasteiger partial charge is 0.339 e. The van der Waals surface area contributed by atoms with Crippen LogP contribution in [0.4, 0.5) is 0 Å². The predicted molar refractivity (Wildman–Crippen MR) is 74.2 cm³/mol. The van der Waals surface area contributed by atoms with Crippen LogP contribution in [-0.2, 0) is 16.3 Å². The van der Waals surface area contributed by atoms with E-state index in [0.29, 0.717) is 24.2 Å². The highest BCUT2D eigenvalue weighted by Gasteiger charge is 2.34. The highest BCUT2D eigenvalue weighted by molar-refractivity contribution is 7.91. The van der Waals surface area contributed by atoms with Crippen LogP contribution >= 0.6 is 0 Å². The van der Waals surface area contributed by atoms with Gasteiger partial charge in [0.05, 0.1) is 11.5 Å². The van der Waals surface area contributed by atoms with Gasteiger partial charge in [0.2, 0.25) is 5.89 Å². The van der Waals surface area contributed by atoms with Crippen LogP contribution in [0.3, 0.4) is 0 Å². The average molecular weight is 299 g/mol. The Bertz CT molecular complexity index is 565. The smallest absolute Gasteiger partial charge is 0.228 e. The molecule has 20 heavy (non-hydrogen) atoms. The van der Waals surface area contributed by atoms with Gasteiger partial charge >= 0.3 is 0 Å². The zero-order chi connectivity index (χ0) is 14.2. The first-order valence-corrected chi connectivity index (χ1v) is 9.16. The van der Waals surface area contributed by atoms with Crippen molar-refractivity contribution in [3.05, 3.63) is 11.7 Å². The second-order valence-corrected chi connectivity index (χ2v) is 8.08. The fourth-order valence-electron chi connectivity index (χ4n) is 2.87. The molecular formula is C13H21N3O3S. The molecule has 0 amide bonds. The van der Waals surface area contributed by atoms with E-state index in [9.17, 15) is 8.42 Å². The van der Waals surface area contributed by atoms with Crippen LogP contribution in [0.5, 0.6) is 0 Å². The van der Waals surface area contributed by atoms with E-state index in [2.05, 4.69) is 22.4 Å². The lowest BCUT2D eigenvalue weighted by molar-refractivity contribution is 0.343. The first-order valence-electron chi connectivity index (χ1n) is 7.33. The van der Waals surface area contributed by atoms with E-state index in [1.54, 1.807) is 0 Å². The summed E-state index contributed by atoms with van der Waals surface area (Å²) in [4.78, 5) is 4.41. The molecule has 3 rings (SSSR count). The molecule has 1 saturated carbocycles. The third kappa shape index (κ3) is 3.20. The molecule has 1 saturated heterocycles. The molecule has 2 unspecified atom stereocenters. The summed E-state index contributed by atoms with van der Waals surface area (Å²) in [6.07, 6.45) is 3.88. The van der Waals surface area contributed by atoms with Crippen LogP contribution in [0.25, 0.3) is 0 Å². The van der Waals surface area contributed by atoms with Gasteiger partial charge in [0.15, 0.2) is 15.7 Å². The summed E-state index contributed by atoms with van der Waals surface area (Å²) in [5.74, 6) is 2.22. The topological polar surface area (TPSA) is 85.1 Å². The summed E-state index contributed by atoms with van der Waals surface area (Å²) < 4.78 is 28.3. The average Bonchev–Trinajstić information content (AvgIpc) is 3.04. The van der Waals surface area contributed by atoms with Gasteiger partial charge in [-0.15, -0.1) is 0 Å². The quantitative estimate of drug-likeness (QED) is 0.840. The van der Waals surface area contributed by atoms with Crippen LogP contribution in [0.2, 0.25) is 0 Å². The number of likely N-dealkylation sites (N-methyl/N-ethyl adjacent to an activating group) is 1. The van der Waals surface area contributed by atoms with Crippen molar-refractivity contribution < 1.29 is 12.9 Å². The molecule has 0 radical (unpaired) electrons. The van der Waals surface area contributed by atoms with Crippen molar-refractivity contribution in [2.45, 2.75) is 44.6 Å². The van der Waals surface area contributed by atoms with Crippen LogP contribution in [0.1, 0.15) is 43.8 Å². The second-order valence-electron chi connectivity index (χ2n) is 5.85. The molecule has 1 aliphatic carbocycles. The molecule has 2 fully saturated rings. The standard InChI is InChI=1S/C13H21N3O3S/c1-2-14-11(9-3-4-9)7-12-15-13(16-19-12)10-5-6-20(17,18)8-10/h9-11,14H,2-8H2,1H3. The molecule has 0 bridgehead atoms. The van der Waals surface area contributed by atoms with Crippen molar-refractivity contribution in [1.29, 1.82) is 0 Å². The molecule has 2 aliphatic rings. The summed E-state index contributed by atoms with van der Waals surface area (Å²) in [5.41, 5.74) is 0. The second kappa shape index (κ2) is 5.44. The molecule has 2 atom stereocenters. The lowest BCUT2D eigenvalue weighted by atomic mass is 10.1. The molecule has 1 aliphatic heterocycles. The van der Waals surface area contributed by atoms with E-state index in [-0.39, 0.29) is 17.4 Å². The summed E-state index contributed by atoms with van der Waals surface area (Å²) in [6, 6.07) is 0.403. The number of hydrogen-bond donors (Lipinski definition) is 1. The monoisotopic (exact) mass is 299 g/mol. The number of aromatic nitrogens is 2. The minimum atomic E-state index is -2.90. The summed E-state index contributed by atoms with van der Waals surface area (Å²) in [7, 11) is -2.90. The fraction of sp³-hybridized carbons (Fsp3) is 0.846. The maximum absolute atomic E-state index is 11.5. The highest BCUT2D eigenvalue weighted by atomic mass is 32.2. The van der Waals surface area contributed by atoms with Gasteiger partial charge in [0, 0.05) is 18.4 Å². The van der Waals surface area contributed by atoms with E-state index < -0.39 is 9.84 Å². The number of nitrogens with zero attached hydrogens (tertiary/aromatic N) is 2. The van der Waals surface area contributed by atoms with Crippen LogP contribution in [0, 0.1) is 5.92 Å². The Balaban J connectivity index is 1.64. The maximum Gasteiger partial charge on any atom is 0.228 e. The van der Waals surface area contributed by atoms with Crippen molar-refractivity contribution in [3.8, 4) is 0 Å². The van der Waals surface area contributed by atoms with E-state index in [0.717, 1.165) is 18.9 Å². The van der Waals surface area contributed by atoms with E-state index >= 15 is 0 Å². The van der Waals surface area contributed by atoms with Crippen molar-refractivity contribution in [3.63, 3.8) is 0 Å². The maximum atomic E-state index is 11.5. The lowest BCUT2D eigenvalue weighted by Crippen LogP contribution is -2.33. The number of nitrogens with one attached hydrogen (secondary N) is 1. The first-order chi connectivity index (χ1) is 9.57. The van der Waals surface area contributed by atoms with Gasteiger partial charge in [0.25, 0.3) is 0 Å². The van der Waals surface area contributed by atoms with Gasteiger partial charge in [-0.1, -0.05) is 12.1 Å². The van der Waals surface area contributed by atoms with Gasteiger partial charge in [-0.25, -0.2) is 8.42 Å². The van der Waals surface area contributed by atoms with Crippen LogP contribution in [0.15, 0.2) is 4.52 Å². The molecule has 112 valence electrons. The van der Waals surface area contributed by atoms with Crippen molar-refractivity contribution >= 4 is 9.84 Å². The van der Waals surface area contributed by atoms with E-state index in [4.69, 9.17) is 4.52 Å². The number of hydrogen-bond acceptors (Lipinski definition) is 6. The summed E-state index contributed by atoms with van der Waals surface area (Å²) in [6.45, 7) is 3.03. The molecular weight excluding hydrogens is 278 g/mol. The van der Waals surface area contributed by atoms with Crippen molar-refractivity contribution in [2.24, 2.45) is 5.92 Å². The Morgan fingerprint density at radius 1 is 1.40 bits per heavy atom. The molecule has 7 heteroatoms. The Kier molecular flexibility index (Phi) is 3.81. The summed E-state index contributed by atoms with van der Waals surface area (Å²) >= 11 is 0. The lowest BCUT2D eigenvalue weighted by Gasteiger charge is -2.14. The van der Waals surface area contributed by atoms with Crippen molar-refractivity contribution in [2.75, 3.05) is 18.1 Å². The van der Waals surface area contributed by atoms with Gasteiger partial charge < -0.3 is 9.84 Å². The predicted octanol–water partition coefficient (Wildman–Crippen LogP) is 0.902. The Morgan fingerprint density at radius 3 is 2.80 bits per heavy atom. The molecule has 6 nitrogen and oxygen atoms in total. The molecule has 2 heterocycles. The van der Waals surface area contributed by atoms with Gasteiger partial charge in [0.1, 0.15) is 0 Å². The first kappa shape index (κ1) is 14.0. The molecule has 1 aromatic rings. The third-order valence-electron chi connectivity index (χ3n) is 4.13. The SMILES string of the molecule is CCNC(Cc1nc(C2CCS(=O)(=O)C2)no1)C1CC1. The minimum Gasteiger partial charge on any atom is -0.339 e. The van der Waals surface area contributed by atoms with Crippen LogP contribution < -0.4 is 5.32 Å². The zero-order valence-corrected chi connectivity index (χ0v) is 12.5. The van der Waals surface area contributed by atoms with Crippen LogP contribution in [-0.4, -0.2) is 42.7 Å². The zero-order valence-electron chi connectivity index (χ0n) is 11.7. The van der Waals surface area contributed by atoms with Gasteiger partial charge in [-0.2, -0.15) is 4.98 Å². The Hall–Kier alpha value is -0.950. The number of sulfone groups is 1. The third-order valence-corrected chi connectivity index (χ3v) is 5.90. The van der Waals surface area contributed by atoms with Crippen molar-refractivity contribution in [1.82, 2.24) is 15.5 Å². The minimum absolute atomic E-state index is 0.0870. The highest BCUT2D eigenvalue weighted by Crippen LogP contribution is 2.34. The Morgan fingerprint density at radius 2 is 2.20 bits per heavy atom. The number of rotatable bonds is 6. The molecule has 1 aromatic heterocycles. The fourth-order valence-corrected chi connectivity index (χ4v) is 4.61. The molecule has 0 aromatic carbocycles. The van der Waals surface area contributed by atoms with E-state index in [1.807, 2.05) is 0 Å². The van der Waals surface area contributed by atoms with Gasteiger partial charge in [-0.05, 0) is 31.7 Å². The normalized spacial score (nSPS) is 26.8. The molecule has 0 spiro atoms. The van der Waals surface area contributed by atoms with Gasteiger partial charge in [-0.3, -0.25) is 0 Å². The van der Waals surface area contributed by atoms with E-state index in [1.165, 1.54) is 12.8 Å². The molecule has 1 N–H and O–H groups in total. The Labute approximate surface area is 119 Å². The summed E-state index contributed by atoms with van der Waals surface area (Å²) in [5, 5.41) is 7.44.